The van der Waals surface area contributed by atoms with Gasteiger partial charge in [-0.15, -0.1) is 0 Å². The van der Waals surface area contributed by atoms with Crippen molar-refractivity contribution in [1.29, 1.82) is 0 Å². The molecular weight excluding hydrogens is 224 g/mol. The number of hydrogen-bond donors (Lipinski definition) is 0. The summed E-state index contributed by atoms with van der Waals surface area (Å²) in [5, 5.41) is 0. The Morgan fingerprint density at radius 2 is 1.72 bits per heavy atom. The number of ether oxygens (including phenoxy) is 1. The summed E-state index contributed by atoms with van der Waals surface area (Å²) in [6.45, 7) is 8.24. The van der Waals surface area contributed by atoms with E-state index in [4.69, 9.17) is 4.74 Å². The van der Waals surface area contributed by atoms with Crippen molar-refractivity contribution in [3.8, 4) is 0 Å². The highest BCUT2D eigenvalue weighted by Gasteiger charge is 2.59. The number of hydrogen-bond acceptors (Lipinski definition) is 2. The van der Waals surface area contributed by atoms with Crippen molar-refractivity contribution < 1.29 is 9.53 Å². The van der Waals surface area contributed by atoms with Gasteiger partial charge < -0.3 is 4.74 Å². The van der Waals surface area contributed by atoms with Crippen LogP contribution in [0.4, 0.5) is 0 Å². The van der Waals surface area contributed by atoms with Gasteiger partial charge in [-0.1, -0.05) is 19.8 Å². The molecule has 2 nitrogen and oxygen atoms in total. The fourth-order valence-electron chi connectivity index (χ4n) is 3.21. The molecule has 18 heavy (non-hydrogen) atoms. The van der Waals surface area contributed by atoms with Gasteiger partial charge in [0.15, 0.2) is 0 Å². The molecule has 1 unspecified atom stereocenters. The summed E-state index contributed by atoms with van der Waals surface area (Å²) in [6, 6.07) is 0. The van der Waals surface area contributed by atoms with E-state index in [-0.39, 0.29) is 17.0 Å². The Balaban J connectivity index is 2.12. The molecule has 0 N–H and O–H groups in total. The normalized spacial score (nSPS) is 30.9. The molecule has 0 amide bonds. The third-order valence-electron chi connectivity index (χ3n) is 5.54. The monoisotopic (exact) mass is 252 g/mol. The zero-order chi connectivity index (χ0) is 13.4. The Kier molecular flexibility index (Phi) is 3.50. The molecule has 0 aromatic rings. The van der Waals surface area contributed by atoms with Crippen LogP contribution in [0.1, 0.15) is 79.1 Å². The summed E-state index contributed by atoms with van der Waals surface area (Å²) < 4.78 is 6.05. The fourth-order valence-corrected chi connectivity index (χ4v) is 3.21. The Bertz CT molecular complexity index is 328. The predicted octanol–water partition coefficient (Wildman–Crippen LogP) is 4.47. The number of esters is 1. The lowest BCUT2D eigenvalue weighted by Crippen LogP contribution is -2.43. The predicted molar refractivity (Wildman–Crippen MR) is 73.3 cm³/mol. The summed E-state index contributed by atoms with van der Waals surface area (Å²) in [7, 11) is 0. The molecule has 0 heterocycles. The SMILES string of the molecule is CCC(C)(C)C(=O)OC1(C)CCCCCC12CC2. The van der Waals surface area contributed by atoms with Crippen molar-refractivity contribution in [2.45, 2.75) is 84.7 Å². The molecule has 104 valence electrons. The molecule has 0 bridgehead atoms. The van der Waals surface area contributed by atoms with Crippen LogP contribution in [0.2, 0.25) is 0 Å². The molecule has 1 atom stereocenters. The van der Waals surface area contributed by atoms with Crippen LogP contribution in [0.3, 0.4) is 0 Å². The van der Waals surface area contributed by atoms with Crippen molar-refractivity contribution >= 4 is 5.97 Å². The van der Waals surface area contributed by atoms with Crippen LogP contribution >= 0.6 is 0 Å². The van der Waals surface area contributed by atoms with Crippen LogP contribution < -0.4 is 0 Å². The van der Waals surface area contributed by atoms with Crippen molar-refractivity contribution in [3.05, 3.63) is 0 Å². The average molecular weight is 252 g/mol. The molecule has 2 rings (SSSR count). The highest BCUT2D eigenvalue weighted by molar-refractivity contribution is 5.76. The van der Waals surface area contributed by atoms with E-state index in [1.807, 2.05) is 13.8 Å². The zero-order valence-electron chi connectivity index (χ0n) is 12.5. The molecule has 1 spiro atoms. The minimum atomic E-state index is -0.342. The third-order valence-corrected chi connectivity index (χ3v) is 5.54. The smallest absolute Gasteiger partial charge is 0.312 e. The molecule has 0 saturated heterocycles. The van der Waals surface area contributed by atoms with E-state index < -0.39 is 0 Å². The maximum absolute atomic E-state index is 12.4. The summed E-state index contributed by atoms with van der Waals surface area (Å²) in [5.41, 5.74) is -0.221. The van der Waals surface area contributed by atoms with Gasteiger partial charge >= 0.3 is 5.97 Å². The Morgan fingerprint density at radius 1 is 1.11 bits per heavy atom. The molecular formula is C16H28O2. The minimum Gasteiger partial charge on any atom is -0.458 e. The van der Waals surface area contributed by atoms with Gasteiger partial charge in [0.2, 0.25) is 0 Å². The van der Waals surface area contributed by atoms with Crippen molar-refractivity contribution in [3.63, 3.8) is 0 Å². The van der Waals surface area contributed by atoms with Crippen molar-refractivity contribution in [2.75, 3.05) is 0 Å². The molecule has 2 aliphatic rings. The van der Waals surface area contributed by atoms with Crippen molar-refractivity contribution in [2.24, 2.45) is 10.8 Å². The number of rotatable bonds is 3. The van der Waals surface area contributed by atoms with Gasteiger partial charge in [-0.3, -0.25) is 4.79 Å². The second kappa shape index (κ2) is 4.54. The number of carbonyl (C=O) groups is 1. The van der Waals surface area contributed by atoms with E-state index >= 15 is 0 Å². The van der Waals surface area contributed by atoms with Crippen LogP contribution in [0, 0.1) is 10.8 Å². The van der Waals surface area contributed by atoms with E-state index in [1.165, 1.54) is 38.5 Å². The first-order valence-corrected chi connectivity index (χ1v) is 7.59. The second-order valence-corrected chi connectivity index (χ2v) is 7.20. The van der Waals surface area contributed by atoms with Gasteiger partial charge in [0.25, 0.3) is 0 Å². The van der Waals surface area contributed by atoms with E-state index in [1.54, 1.807) is 0 Å². The second-order valence-electron chi connectivity index (χ2n) is 7.20. The zero-order valence-corrected chi connectivity index (χ0v) is 12.5. The van der Waals surface area contributed by atoms with Gasteiger partial charge in [-0.05, 0) is 59.3 Å². The molecule has 2 heteroatoms. The van der Waals surface area contributed by atoms with Crippen LogP contribution in [0.25, 0.3) is 0 Å². The number of carbonyl (C=O) groups excluding carboxylic acids is 1. The van der Waals surface area contributed by atoms with Crippen LogP contribution in [0.15, 0.2) is 0 Å². The summed E-state index contributed by atoms with van der Waals surface area (Å²) in [6.07, 6.45) is 9.47. The van der Waals surface area contributed by atoms with Gasteiger partial charge in [0, 0.05) is 5.41 Å². The molecule has 2 saturated carbocycles. The molecule has 2 fully saturated rings. The Labute approximate surface area is 111 Å². The summed E-state index contributed by atoms with van der Waals surface area (Å²) in [5.74, 6) is 0.000625. The van der Waals surface area contributed by atoms with Crippen LogP contribution in [-0.2, 0) is 9.53 Å². The van der Waals surface area contributed by atoms with Gasteiger partial charge in [-0.25, -0.2) is 0 Å². The van der Waals surface area contributed by atoms with E-state index in [9.17, 15) is 4.79 Å². The van der Waals surface area contributed by atoms with Crippen molar-refractivity contribution in [1.82, 2.24) is 0 Å². The van der Waals surface area contributed by atoms with Crippen LogP contribution in [-0.4, -0.2) is 11.6 Å². The third kappa shape index (κ3) is 2.31. The fraction of sp³-hybridized carbons (Fsp3) is 0.938. The molecule has 0 radical (unpaired) electrons. The van der Waals surface area contributed by atoms with Gasteiger partial charge in [0.05, 0.1) is 5.41 Å². The average Bonchev–Trinajstić information content (AvgIpc) is 3.11. The van der Waals surface area contributed by atoms with Gasteiger partial charge in [-0.2, -0.15) is 0 Å². The first-order chi connectivity index (χ1) is 8.35. The molecule has 0 aromatic heterocycles. The molecule has 0 aromatic carbocycles. The van der Waals surface area contributed by atoms with E-state index in [0.29, 0.717) is 5.41 Å². The molecule has 0 aliphatic heterocycles. The molecule has 2 aliphatic carbocycles. The lowest BCUT2D eigenvalue weighted by atomic mass is 9.80. The maximum Gasteiger partial charge on any atom is 0.312 e. The standard InChI is InChI=1S/C16H28O2/c1-5-14(2,3)13(17)18-15(4)9-7-6-8-10-16(15)11-12-16/h5-12H2,1-4H3. The summed E-state index contributed by atoms with van der Waals surface area (Å²) in [4.78, 5) is 12.4. The topological polar surface area (TPSA) is 26.3 Å². The highest BCUT2D eigenvalue weighted by Crippen LogP contribution is 2.62. The van der Waals surface area contributed by atoms with E-state index in [0.717, 1.165) is 12.8 Å². The van der Waals surface area contributed by atoms with Gasteiger partial charge in [0.1, 0.15) is 5.60 Å². The van der Waals surface area contributed by atoms with Crippen LogP contribution in [0.5, 0.6) is 0 Å². The maximum atomic E-state index is 12.4. The quantitative estimate of drug-likeness (QED) is 0.693. The lowest BCUT2D eigenvalue weighted by molar-refractivity contribution is -0.178. The van der Waals surface area contributed by atoms with E-state index in [2.05, 4.69) is 13.8 Å². The lowest BCUT2D eigenvalue weighted by Gasteiger charge is -2.39. The Hall–Kier alpha value is -0.530. The minimum absolute atomic E-state index is 0.000625. The first-order valence-electron chi connectivity index (χ1n) is 7.59. The summed E-state index contributed by atoms with van der Waals surface area (Å²) >= 11 is 0. The first kappa shape index (κ1) is 13.9. The highest BCUT2D eigenvalue weighted by atomic mass is 16.6. The largest absolute Gasteiger partial charge is 0.458 e. The Morgan fingerprint density at radius 3 is 2.28 bits per heavy atom.